The Kier molecular flexibility index (Phi) is 4.59. The van der Waals surface area contributed by atoms with Crippen molar-refractivity contribution in [2.24, 2.45) is 0 Å². The van der Waals surface area contributed by atoms with E-state index >= 15 is 0 Å². The van der Waals surface area contributed by atoms with Crippen LogP contribution in [0.25, 0.3) is 0 Å². The summed E-state index contributed by atoms with van der Waals surface area (Å²) in [6, 6.07) is 15.7. The van der Waals surface area contributed by atoms with Crippen LogP contribution in [0, 0.1) is 5.82 Å². The Morgan fingerprint density at radius 3 is 2.11 bits per heavy atom. The molecule has 148 valence electrons. The molecular formula is C23H28BFO3. The van der Waals surface area contributed by atoms with Gasteiger partial charge in [0, 0.05) is 5.31 Å². The summed E-state index contributed by atoms with van der Waals surface area (Å²) >= 11 is 0. The van der Waals surface area contributed by atoms with E-state index in [1.165, 1.54) is 12.7 Å². The van der Waals surface area contributed by atoms with E-state index in [0.717, 1.165) is 18.4 Å². The maximum absolute atomic E-state index is 14.5. The molecule has 0 amide bonds. The summed E-state index contributed by atoms with van der Waals surface area (Å²) in [7, 11) is 1.07. The van der Waals surface area contributed by atoms with Crippen LogP contribution < -0.4 is 4.74 Å². The summed E-state index contributed by atoms with van der Waals surface area (Å²) in [4.78, 5) is 0. The molecule has 0 spiro atoms. The second-order valence-corrected chi connectivity index (χ2v) is 9.11. The van der Waals surface area contributed by atoms with E-state index < -0.39 is 18.3 Å². The Bertz CT molecular complexity index is 843. The largest absolute Gasteiger partial charge is 0.494 e. The van der Waals surface area contributed by atoms with Crippen LogP contribution in [0.15, 0.2) is 48.5 Å². The van der Waals surface area contributed by atoms with Gasteiger partial charge in [0.25, 0.3) is 0 Å². The van der Waals surface area contributed by atoms with E-state index in [1.54, 1.807) is 12.1 Å². The number of benzene rings is 2. The van der Waals surface area contributed by atoms with Gasteiger partial charge in [0.05, 0.1) is 18.3 Å². The normalized spacial score (nSPS) is 28.1. The highest BCUT2D eigenvalue weighted by Crippen LogP contribution is 2.57. The summed E-state index contributed by atoms with van der Waals surface area (Å²) in [6.07, 6.45) is 1.72. The Morgan fingerprint density at radius 1 is 0.964 bits per heavy atom. The average Bonchev–Trinajstić information content (AvgIpc) is 2.83. The SMILES string of the molecule is COc1ccc(C2(B3OC(C)(C)C(C)(C)O3)CC(c3ccccc3)C2)cc1F. The van der Waals surface area contributed by atoms with E-state index in [9.17, 15) is 4.39 Å². The smallest absolute Gasteiger partial charge is 0.469 e. The summed E-state index contributed by atoms with van der Waals surface area (Å²) in [5, 5.41) is -0.376. The summed E-state index contributed by atoms with van der Waals surface area (Å²) in [6.45, 7) is 8.23. The zero-order valence-electron chi connectivity index (χ0n) is 17.3. The predicted octanol–water partition coefficient (Wildman–Crippen LogP) is 5.28. The highest BCUT2D eigenvalue weighted by molar-refractivity contribution is 6.50. The van der Waals surface area contributed by atoms with Crippen LogP contribution in [-0.2, 0) is 14.6 Å². The van der Waals surface area contributed by atoms with Gasteiger partial charge in [0.1, 0.15) is 0 Å². The fourth-order valence-electron chi connectivity index (χ4n) is 4.39. The molecule has 0 atom stereocenters. The van der Waals surface area contributed by atoms with Crippen LogP contribution in [0.5, 0.6) is 5.75 Å². The van der Waals surface area contributed by atoms with Crippen LogP contribution >= 0.6 is 0 Å². The first-order valence-corrected chi connectivity index (χ1v) is 9.93. The number of hydrogen-bond donors (Lipinski definition) is 0. The van der Waals surface area contributed by atoms with Crippen LogP contribution in [0.2, 0.25) is 0 Å². The highest BCUT2D eigenvalue weighted by Gasteiger charge is 2.64. The number of halogens is 1. The van der Waals surface area contributed by atoms with E-state index in [1.807, 2.05) is 12.1 Å². The molecule has 5 heteroatoms. The average molecular weight is 382 g/mol. The first kappa shape index (κ1) is 19.5. The molecule has 2 aromatic rings. The summed E-state index contributed by atoms with van der Waals surface area (Å²) in [5.74, 6) is 0.316. The van der Waals surface area contributed by atoms with Crippen molar-refractivity contribution in [2.45, 2.75) is 63.0 Å². The predicted molar refractivity (Wildman–Crippen MR) is 109 cm³/mol. The standard InChI is InChI=1S/C23H28BFO3/c1-21(2)22(3,4)28-24(27-21)23(18-11-12-20(26-5)19(25)13-18)14-17(15-23)16-9-7-6-8-10-16/h6-13,17H,14-15H2,1-5H3. The number of hydrogen-bond acceptors (Lipinski definition) is 3. The van der Waals surface area contributed by atoms with Gasteiger partial charge in [-0.3, -0.25) is 0 Å². The van der Waals surface area contributed by atoms with Gasteiger partial charge < -0.3 is 14.0 Å². The van der Waals surface area contributed by atoms with E-state index in [2.05, 4.69) is 52.0 Å². The molecule has 0 N–H and O–H groups in total. The lowest BCUT2D eigenvalue weighted by Gasteiger charge is -2.49. The van der Waals surface area contributed by atoms with Crippen LogP contribution in [-0.4, -0.2) is 25.4 Å². The van der Waals surface area contributed by atoms with Crippen LogP contribution in [0.1, 0.15) is 57.6 Å². The lowest BCUT2D eigenvalue weighted by molar-refractivity contribution is 0.00578. The number of methoxy groups -OCH3 is 1. The highest BCUT2D eigenvalue weighted by atomic mass is 19.1. The number of rotatable bonds is 4. The molecule has 28 heavy (non-hydrogen) atoms. The molecule has 2 aromatic carbocycles. The minimum atomic E-state index is -0.423. The molecule has 2 fully saturated rings. The van der Waals surface area contributed by atoms with Gasteiger partial charge in [-0.15, -0.1) is 0 Å². The van der Waals surface area contributed by atoms with Crippen molar-refractivity contribution in [3.8, 4) is 5.75 Å². The van der Waals surface area contributed by atoms with Crippen molar-refractivity contribution in [3.05, 3.63) is 65.5 Å². The van der Waals surface area contributed by atoms with Crippen molar-refractivity contribution >= 4 is 7.12 Å². The summed E-state index contributed by atoms with van der Waals surface area (Å²) in [5.41, 5.74) is 1.38. The van der Waals surface area contributed by atoms with Gasteiger partial charge in [-0.1, -0.05) is 36.4 Å². The number of ether oxygens (including phenoxy) is 1. The van der Waals surface area contributed by atoms with Crippen LogP contribution in [0.4, 0.5) is 4.39 Å². The van der Waals surface area contributed by atoms with E-state index in [-0.39, 0.29) is 16.9 Å². The maximum atomic E-state index is 14.5. The molecule has 0 bridgehead atoms. The van der Waals surface area contributed by atoms with Gasteiger partial charge in [-0.05, 0) is 69.7 Å². The van der Waals surface area contributed by atoms with Crippen molar-refractivity contribution in [2.75, 3.05) is 7.11 Å². The van der Waals surface area contributed by atoms with Gasteiger partial charge in [-0.2, -0.15) is 0 Å². The van der Waals surface area contributed by atoms with Crippen molar-refractivity contribution in [1.82, 2.24) is 0 Å². The first-order chi connectivity index (χ1) is 13.2. The lowest BCUT2D eigenvalue weighted by atomic mass is 9.40. The van der Waals surface area contributed by atoms with Gasteiger partial charge >= 0.3 is 7.12 Å². The molecule has 0 radical (unpaired) electrons. The zero-order chi connectivity index (χ0) is 20.2. The molecule has 3 nitrogen and oxygen atoms in total. The topological polar surface area (TPSA) is 27.7 Å². The Labute approximate surface area is 167 Å². The second-order valence-electron chi connectivity index (χ2n) is 9.11. The second kappa shape index (κ2) is 6.60. The van der Waals surface area contributed by atoms with Gasteiger partial charge in [0.15, 0.2) is 11.6 Å². The Balaban J connectivity index is 1.70. The molecule has 1 heterocycles. The molecular weight excluding hydrogens is 354 g/mol. The van der Waals surface area contributed by atoms with Crippen LogP contribution in [0.3, 0.4) is 0 Å². The van der Waals surface area contributed by atoms with Gasteiger partial charge in [-0.25, -0.2) is 4.39 Å². The molecule has 1 aliphatic heterocycles. The van der Waals surface area contributed by atoms with Crippen molar-refractivity contribution in [1.29, 1.82) is 0 Å². The van der Waals surface area contributed by atoms with E-state index in [4.69, 9.17) is 14.0 Å². The quantitative estimate of drug-likeness (QED) is 0.674. The monoisotopic (exact) mass is 382 g/mol. The molecule has 1 saturated carbocycles. The summed E-state index contributed by atoms with van der Waals surface area (Å²) < 4.78 is 32.5. The Morgan fingerprint density at radius 2 is 1.57 bits per heavy atom. The minimum Gasteiger partial charge on any atom is -0.494 e. The molecule has 0 unspecified atom stereocenters. The fourth-order valence-corrected chi connectivity index (χ4v) is 4.39. The molecule has 0 aromatic heterocycles. The van der Waals surface area contributed by atoms with Crippen molar-refractivity contribution in [3.63, 3.8) is 0 Å². The van der Waals surface area contributed by atoms with Crippen molar-refractivity contribution < 1.29 is 18.4 Å². The minimum absolute atomic E-state index is 0.256. The zero-order valence-corrected chi connectivity index (χ0v) is 17.3. The molecule has 1 saturated heterocycles. The van der Waals surface area contributed by atoms with E-state index in [0.29, 0.717) is 5.92 Å². The Hall–Kier alpha value is -1.85. The molecule has 2 aliphatic rings. The van der Waals surface area contributed by atoms with Gasteiger partial charge in [0.2, 0.25) is 0 Å². The molecule has 4 rings (SSSR count). The maximum Gasteiger partial charge on any atom is 0.469 e. The fraction of sp³-hybridized carbons (Fsp3) is 0.478. The third-order valence-electron chi connectivity index (χ3n) is 6.92. The first-order valence-electron chi connectivity index (χ1n) is 9.93. The molecule has 1 aliphatic carbocycles. The third kappa shape index (κ3) is 2.96. The third-order valence-corrected chi connectivity index (χ3v) is 6.92. The lowest BCUT2D eigenvalue weighted by Crippen LogP contribution is -2.54.